The number of nitrogens with two attached hydrogens (primary N) is 1. The molecule has 13 heteroatoms. The molecule has 0 bridgehead atoms. The van der Waals surface area contributed by atoms with Gasteiger partial charge < -0.3 is 19.8 Å². The number of para-hydroxylation sites is 2. The van der Waals surface area contributed by atoms with Gasteiger partial charge in [0, 0.05) is 15.6 Å². The van der Waals surface area contributed by atoms with Crippen molar-refractivity contribution in [3.63, 3.8) is 0 Å². The molecule has 39 heavy (non-hydrogen) atoms. The van der Waals surface area contributed by atoms with Crippen LogP contribution < -0.4 is 20.6 Å². The highest BCUT2D eigenvalue weighted by Crippen LogP contribution is 2.30. The summed E-state index contributed by atoms with van der Waals surface area (Å²) in [7, 11) is 1.53. The van der Waals surface area contributed by atoms with Gasteiger partial charge in [-0.1, -0.05) is 41.4 Å². The molecule has 11 nitrogen and oxygen atoms in total. The van der Waals surface area contributed by atoms with E-state index in [9.17, 15) is 4.79 Å². The van der Waals surface area contributed by atoms with E-state index in [1.165, 1.54) is 13.3 Å². The summed E-state index contributed by atoms with van der Waals surface area (Å²) in [5, 5.41) is 12.6. The van der Waals surface area contributed by atoms with Crippen molar-refractivity contribution in [1.82, 2.24) is 25.3 Å². The van der Waals surface area contributed by atoms with Crippen molar-refractivity contribution in [2.75, 3.05) is 12.8 Å². The zero-order valence-electron chi connectivity index (χ0n) is 20.5. The van der Waals surface area contributed by atoms with Crippen LogP contribution in [-0.2, 0) is 17.9 Å². The predicted octanol–water partition coefficient (Wildman–Crippen LogP) is 4.71. The van der Waals surface area contributed by atoms with E-state index in [0.29, 0.717) is 44.0 Å². The summed E-state index contributed by atoms with van der Waals surface area (Å²) in [5.41, 5.74) is 11.5. The average molecular weight is 566 g/mol. The number of anilines is 1. The molecule has 0 radical (unpaired) electrons. The number of ether oxygens (including phenoxy) is 2. The highest BCUT2D eigenvalue weighted by molar-refractivity contribution is 6.35. The van der Waals surface area contributed by atoms with Crippen molar-refractivity contribution in [2.24, 2.45) is 5.10 Å². The van der Waals surface area contributed by atoms with Crippen LogP contribution in [0.5, 0.6) is 11.5 Å². The maximum atomic E-state index is 12.8. The van der Waals surface area contributed by atoms with Crippen molar-refractivity contribution >= 4 is 52.2 Å². The molecule has 3 N–H and O–H groups in total. The number of rotatable bonds is 9. The number of nitrogen functional groups attached to an aromatic ring is 1. The first-order valence-corrected chi connectivity index (χ1v) is 12.3. The largest absolute Gasteiger partial charge is 0.493 e. The number of hydrogen-bond donors (Lipinski definition) is 2. The first-order valence-electron chi connectivity index (χ1n) is 11.5. The van der Waals surface area contributed by atoms with E-state index in [1.54, 1.807) is 41.0 Å². The molecule has 0 aliphatic rings. The Morgan fingerprint density at radius 3 is 2.74 bits per heavy atom. The Bertz CT molecular complexity index is 1680. The lowest BCUT2D eigenvalue weighted by atomic mass is 10.2. The molecule has 5 aromatic rings. The highest BCUT2D eigenvalue weighted by atomic mass is 35.5. The summed E-state index contributed by atoms with van der Waals surface area (Å²) in [6, 6.07) is 17.8. The third kappa shape index (κ3) is 5.79. The first kappa shape index (κ1) is 26.0. The Labute approximate surface area is 232 Å². The Kier molecular flexibility index (Phi) is 7.62. The van der Waals surface area contributed by atoms with Crippen LogP contribution >= 0.6 is 23.2 Å². The lowest BCUT2D eigenvalue weighted by molar-refractivity contribution is -0.121. The topological polar surface area (TPSA) is 143 Å². The molecule has 0 spiro atoms. The average Bonchev–Trinajstić information content (AvgIpc) is 3.51. The molecule has 0 saturated heterocycles. The van der Waals surface area contributed by atoms with E-state index in [-0.39, 0.29) is 24.7 Å². The second-order valence-corrected chi connectivity index (χ2v) is 9.08. The molecule has 0 atom stereocenters. The first-order chi connectivity index (χ1) is 18.9. The van der Waals surface area contributed by atoms with Gasteiger partial charge in [-0.3, -0.25) is 4.79 Å². The monoisotopic (exact) mass is 565 g/mol. The predicted molar refractivity (Wildman–Crippen MR) is 147 cm³/mol. The standard InChI is InChI=1S/C26H21Cl2N7O4/c1-37-22-10-15(6-9-21(22)38-14-16-7-8-17(27)11-18(16)28)12-30-32-23(36)13-35-20-5-3-2-4-19(20)31-26(35)24-25(29)34-39-33-24/h2-12H,13-14H2,1H3,(H2,29,34)(H,32,36). The van der Waals surface area contributed by atoms with Crippen LogP contribution in [0.4, 0.5) is 5.82 Å². The van der Waals surface area contributed by atoms with Gasteiger partial charge in [-0.25, -0.2) is 15.0 Å². The van der Waals surface area contributed by atoms with Gasteiger partial charge in [-0.15, -0.1) is 0 Å². The van der Waals surface area contributed by atoms with E-state index in [0.717, 1.165) is 5.56 Å². The van der Waals surface area contributed by atoms with E-state index >= 15 is 0 Å². The fraction of sp³-hybridized carbons (Fsp3) is 0.115. The fourth-order valence-electron chi connectivity index (χ4n) is 3.80. The number of hydrazone groups is 1. The third-order valence-corrected chi connectivity index (χ3v) is 6.26. The number of halogens is 2. The summed E-state index contributed by atoms with van der Waals surface area (Å²) < 4.78 is 17.7. The second kappa shape index (κ2) is 11.4. The van der Waals surface area contributed by atoms with Crippen molar-refractivity contribution in [1.29, 1.82) is 0 Å². The van der Waals surface area contributed by atoms with Crippen molar-refractivity contribution < 1.29 is 18.9 Å². The number of nitrogens with zero attached hydrogens (tertiary/aromatic N) is 5. The van der Waals surface area contributed by atoms with Crippen LogP contribution in [0.25, 0.3) is 22.6 Å². The van der Waals surface area contributed by atoms with Gasteiger partial charge in [0.2, 0.25) is 0 Å². The number of carbonyl (C=O) groups excluding carboxylic acids is 1. The number of imidazole rings is 1. The fourth-order valence-corrected chi connectivity index (χ4v) is 4.27. The number of hydrogen-bond acceptors (Lipinski definition) is 9. The van der Waals surface area contributed by atoms with Crippen LogP contribution in [0.1, 0.15) is 11.1 Å². The van der Waals surface area contributed by atoms with E-state index < -0.39 is 5.91 Å². The number of carbonyl (C=O) groups is 1. The lowest BCUT2D eigenvalue weighted by Crippen LogP contribution is -2.23. The molecule has 0 aliphatic carbocycles. The molecule has 198 valence electrons. The number of amides is 1. The lowest BCUT2D eigenvalue weighted by Gasteiger charge is -2.12. The third-order valence-electron chi connectivity index (χ3n) is 5.67. The molecular weight excluding hydrogens is 545 g/mol. The van der Waals surface area contributed by atoms with Crippen LogP contribution in [0.3, 0.4) is 0 Å². The number of nitrogens with one attached hydrogen (secondary N) is 1. The number of fused-ring (bicyclic) bond motifs is 1. The molecule has 0 unspecified atom stereocenters. The van der Waals surface area contributed by atoms with Crippen molar-refractivity contribution in [3.05, 3.63) is 81.8 Å². The molecule has 1 amide bonds. The van der Waals surface area contributed by atoms with Crippen molar-refractivity contribution in [2.45, 2.75) is 13.2 Å². The van der Waals surface area contributed by atoms with Crippen LogP contribution in [0.2, 0.25) is 10.0 Å². The number of methoxy groups -OCH3 is 1. The van der Waals surface area contributed by atoms with Gasteiger partial charge in [0.1, 0.15) is 13.2 Å². The molecule has 5 rings (SSSR count). The van der Waals surface area contributed by atoms with Crippen LogP contribution in [0, 0.1) is 0 Å². The Morgan fingerprint density at radius 1 is 1.13 bits per heavy atom. The quantitative estimate of drug-likeness (QED) is 0.193. The van der Waals surface area contributed by atoms with Crippen LogP contribution in [0.15, 0.2) is 70.4 Å². The molecule has 0 aliphatic heterocycles. The summed E-state index contributed by atoms with van der Waals surface area (Å²) in [4.78, 5) is 17.3. The zero-order valence-corrected chi connectivity index (χ0v) is 22.0. The zero-order chi connectivity index (χ0) is 27.4. The Morgan fingerprint density at radius 2 is 1.97 bits per heavy atom. The Hall–Kier alpha value is -4.61. The summed E-state index contributed by atoms with van der Waals surface area (Å²) in [5.74, 6) is 1.05. The normalized spacial score (nSPS) is 11.3. The number of benzene rings is 3. The molecule has 0 fully saturated rings. The van der Waals surface area contributed by atoms with Gasteiger partial charge in [0.25, 0.3) is 5.91 Å². The van der Waals surface area contributed by atoms with Gasteiger partial charge in [-0.2, -0.15) is 5.10 Å². The van der Waals surface area contributed by atoms with Gasteiger partial charge >= 0.3 is 0 Å². The van der Waals surface area contributed by atoms with E-state index in [1.807, 2.05) is 24.3 Å². The van der Waals surface area contributed by atoms with E-state index in [4.69, 9.17) is 43.0 Å². The SMILES string of the molecule is COc1cc(C=NNC(=O)Cn2c(-c3nonc3N)nc3ccccc32)ccc1OCc1ccc(Cl)cc1Cl. The molecule has 3 aromatic carbocycles. The molecule has 2 aromatic heterocycles. The summed E-state index contributed by atoms with van der Waals surface area (Å²) in [6.07, 6.45) is 1.49. The molecule has 0 saturated carbocycles. The van der Waals surface area contributed by atoms with Gasteiger partial charge in [0.05, 0.1) is 24.4 Å². The minimum atomic E-state index is -0.391. The van der Waals surface area contributed by atoms with Gasteiger partial charge in [0.15, 0.2) is 28.8 Å². The molecule has 2 heterocycles. The molecular formula is C26H21Cl2N7O4. The highest BCUT2D eigenvalue weighted by Gasteiger charge is 2.20. The summed E-state index contributed by atoms with van der Waals surface area (Å²) >= 11 is 12.2. The maximum absolute atomic E-state index is 12.8. The summed E-state index contributed by atoms with van der Waals surface area (Å²) in [6.45, 7) is 0.139. The van der Waals surface area contributed by atoms with E-state index in [2.05, 4.69) is 25.8 Å². The minimum Gasteiger partial charge on any atom is -0.493 e. The maximum Gasteiger partial charge on any atom is 0.260 e. The van der Waals surface area contributed by atoms with Gasteiger partial charge in [-0.05, 0) is 58.3 Å². The smallest absolute Gasteiger partial charge is 0.260 e. The minimum absolute atomic E-state index is 0.0719. The number of aromatic nitrogens is 4. The second-order valence-electron chi connectivity index (χ2n) is 8.24. The van der Waals surface area contributed by atoms with Crippen molar-refractivity contribution in [3.8, 4) is 23.0 Å². The Balaban J connectivity index is 1.26. The van der Waals surface area contributed by atoms with Crippen LogP contribution in [-0.4, -0.2) is 39.1 Å².